The highest BCUT2D eigenvalue weighted by Crippen LogP contribution is 2.31. The van der Waals surface area contributed by atoms with Crippen LogP contribution in [-0.2, 0) is 13.0 Å². The molecule has 0 saturated carbocycles. The van der Waals surface area contributed by atoms with Crippen molar-refractivity contribution in [3.63, 3.8) is 0 Å². The topological polar surface area (TPSA) is 57.2 Å². The van der Waals surface area contributed by atoms with Gasteiger partial charge in [0.15, 0.2) is 0 Å². The van der Waals surface area contributed by atoms with Gasteiger partial charge in [-0.3, -0.25) is 0 Å². The van der Waals surface area contributed by atoms with E-state index < -0.39 is 0 Å². The number of benzene rings is 3. The fraction of sp³-hybridized carbons (Fsp3) is 0.0870. The lowest BCUT2D eigenvalue weighted by atomic mass is 10.0. The molecule has 0 radical (unpaired) electrons. The predicted molar refractivity (Wildman–Crippen MR) is 102 cm³/mol. The number of furan rings is 1. The molecule has 0 aliphatic carbocycles. The molecule has 3 heteroatoms. The van der Waals surface area contributed by atoms with Crippen molar-refractivity contribution >= 4 is 11.0 Å². The molecule has 1 aromatic heterocycles. The van der Waals surface area contributed by atoms with Gasteiger partial charge in [-0.1, -0.05) is 42.5 Å². The van der Waals surface area contributed by atoms with Crippen LogP contribution in [0.2, 0.25) is 0 Å². The highest BCUT2D eigenvalue weighted by atomic mass is 16.3. The first-order chi connectivity index (χ1) is 12.8. The average molecular weight is 339 g/mol. The number of hydrogen-bond acceptors (Lipinski definition) is 3. The van der Waals surface area contributed by atoms with Crippen molar-refractivity contribution in [1.82, 2.24) is 0 Å². The predicted octanol–water partition coefficient (Wildman–Crippen LogP) is 5.05. The normalized spacial score (nSPS) is 10.8. The van der Waals surface area contributed by atoms with E-state index in [9.17, 15) is 10.4 Å². The van der Waals surface area contributed by atoms with Gasteiger partial charge in [0, 0.05) is 10.9 Å². The van der Waals surface area contributed by atoms with Gasteiger partial charge in [0.2, 0.25) is 0 Å². The van der Waals surface area contributed by atoms with Gasteiger partial charge in [0.1, 0.15) is 11.3 Å². The van der Waals surface area contributed by atoms with Crippen LogP contribution < -0.4 is 0 Å². The SMILES string of the molecule is N#Cc1cc(CO)ccc1-c1cc2cc(Cc3ccccc3)ccc2o1. The molecule has 0 amide bonds. The average Bonchev–Trinajstić information content (AvgIpc) is 3.11. The Bertz CT molecular complexity index is 1100. The molecule has 1 heterocycles. The zero-order chi connectivity index (χ0) is 17.9. The molecule has 0 aliphatic heterocycles. The van der Waals surface area contributed by atoms with E-state index in [0.717, 1.165) is 23.0 Å². The zero-order valence-electron chi connectivity index (χ0n) is 14.1. The maximum Gasteiger partial charge on any atom is 0.136 e. The number of fused-ring (bicyclic) bond motifs is 1. The van der Waals surface area contributed by atoms with E-state index in [2.05, 4.69) is 30.3 Å². The Kier molecular flexibility index (Phi) is 4.27. The van der Waals surface area contributed by atoms with E-state index in [1.54, 1.807) is 6.07 Å². The van der Waals surface area contributed by atoms with Crippen molar-refractivity contribution in [1.29, 1.82) is 5.26 Å². The third kappa shape index (κ3) is 3.11. The highest BCUT2D eigenvalue weighted by molar-refractivity contribution is 5.84. The Morgan fingerprint density at radius 1 is 0.846 bits per heavy atom. The summed E-state index contributed by atoms with van der Waals surface area (Å²) in [4.78, 5) is 0. The number of nitriles is 1. The summed E-state index contributed by atoms with van der Waals surface area (Å²) < 4.78 is 5.96. The van der Waals surface area contributed by atoms with Crippen LogP contribution in [0.1, 0.15) is 22.3 Å². The molecule has 0 unspecified atom stereocenters. The molecular weight excluding hydrogens is 322 g/mol. The second-order valence-corrected chi connectivity index (χ2v) is 6.30. The smallest absolute Gasteiger partial charge is 0.136 e. The number of hydrogen-bond donors (Lipinski definition) is 1. The number of aliphatic hydroxyl groups is 1. The monoisotopic (exact) mass is 339 g/mol. The molecular formula is C23H17NO2. The van der Waals surface area contributed by atoms with Gasteiger partial charge in [0.05, 0.1) is 18.2 Å². The summed E-state index contributed by atoms with van der Waals surface area (Å²) in [5, 5.41) is 19.7. The van der Waals surface area contributed by atoms with E-state index in [4.69, 9.17) is 4.42 Å². The van der Waals surface area contributed by atoms with Crippen LogP contribution in [0.4, 0.5) is 0 Å². The van der Waals surface area contributed by atoms with Gasteiger partial charge >= 0.3 is 0 Å². The van der Waals surface area contributed by atoms with Crippen LogP contribution >= 0.6 is 0 Å². The number of aliphatic hydroxyl groups excluding tert-OH is 1. The first kappa shape index (κ1) is 16.1. The molecule has 0 aliphatic rings. The summed E-state index contributed by atoms with van der Waals surface area (Å²) in [5.41, 5.74) is 5.23. The third-order valence-corrected chi connectivity index (χ3v) is 4.48. The fourth-order valence-corrected chi connectivity index (χ4v) is 3.16. The molecule has 0 fully saturated rings. The lowest BCUT2D eigenvalue weighted by Gasteiger charge is -2.02. The largest absolute Gasteiger partial charge is 0.456 e. The Morgan fingerprint density at radius 3 is 2.42 bits per heavy atom. The van der Waals surface area contributed by atoms with Gasteiger partial charge in [0.25, 0.3) is 0 Å². The molecule has 4 rings (SSSR count). The molecule has 126 valence electrons. The van der Waals surface area contributed by atoms with Gasteiger partial charge in [-0.15, -0.1) is 0 Å². The molecule has 0 saturated heterocycles. The summed E-state index contributed by atoms with van der Waals surface area (Å²) >= 11 is 0. The van der Waals surface area contributed by atoms with Crippen molar-refractivity contribution in [3.05, 3.63) is 95.1 Å². The van der Waals surface area contributed by atoms with E-state index in [0.29, 0.717) is 16.9 Å². The second kappa shape index (κ2) is 6.87. The first-order valence-corrected chi connectivity index (χ1v) is 8.47. The van der Waals surface area contributed by atoms with Crippen molar-refractivity contribution in [2.45, 2.75) is 13.0 Å². The molecule has 0 bridgehead atoms. The van der Waals surface area contributed by atoms with Gasteiger partial charge in [-0.25, -0.2) is 0 Å². The summed E-state index contributed by atoms with van der Waals surface area (Å²) in [5.74, 6) is 0.665. The summed E-state index contributed by atoms with van der Waals surface area (Å²) in [7, 11) is 0. The molecule has 3 aromatic carbocycles. The maximum atomic E-state index is 9.41. The van der Waals surface area contributed by atoms with Crippen molar-refractivity contribution in [2.75, 3.05) is 0 Å². The second-order valence-electron chi connectivity index (χ2n) is 6.30. The number of nitrogens with zero attached hydrogens (tertiary/aromatic N) is 1. The van der Waals surface area contributed by atoms with Crippen LogP contribution in [-0.4, -0.2) is 5.11 Å². The third-order valence-electron chi connectivity index (χ3n) is 4.48. The number of rotatable bonds is 4. The van der Waals surface area contributed by atoms with Crippen molar-refractivity contribution in [2.24, 2.45) is 0 Å². The van der Waals surface area contributed by atoms with Crippen molar-refractivity contribution < 1.29 is 9.52 Å². The molecule has 0 atom stereocenters. The highest BCUT2D eigenvalue weighted by Gasteiger charge is 2.12. The standard InChI is InChI=1S/C23H17NO2/c24-14-20-12-18(15-25)6-8-21(20)23-13-19-11-17(7-9-22(19)26-23)10-16-4-2-1-3-5-16/h1-9,11-13,25H,10,15H2. The molecule has 26 heavy (non-hydrogen) atoms. The zero-order valence-corrected chi connectivity index (χ0v) is 14.1. The molecule has 0 spiro atoms. The fourth-order valence-electron chi connectivity index (χ4n) is 3.16. The minimum Gasteiger partial charge on any atom is -0.456 e. The van der Waals surface area contributed by atoms with Crippen molar-refractivity contribution in [3.8, 4) is 17.4 Å². The van der Waals surface area contributed by atoms with E-state index >= 15 is 0 Å². The molecule has 1 N–H and O–H groups in total. The summed E-state index contributed by atoms with van der Waals surface area (Å²) in [6.45, 7) is -0.0854. The Balaban J connectivity index is 1.71. The maximum absolute atomic E-state index is 9.41. The molecule has 4 aromatic rings. The van der Waals surface area contributed by atoms with Crippen LogP contribution in [0.3, 0.4) is 0 Å². The van der Waals surface area contributed by atoms with E-state index in [1.807, 2.05) is 42.5 Å². The minimum atomic E-state index is -0.0854. The lowest BCUT2D eigenvalue weighted by molar-refractivity contribution is 0.282. The summed E-state index contributed by atoms with van der Waals surface area (Å²) in [6, 6.07) is 26.0. The quantitative estimate of drug-likeness (QED) is 0.566. The van der Waals surface area contributed by atoms with Gasteiger partial charge < -0.3 is 9.52 Å². The Hall–Kier alpha value is -3.35. The van der Waals surface area contributed by atoms with Crippen LogP contribution in [0.5, 0.6) is 0 Å². The molecule has 3 nitrogen and oxygen atoms in total. The minimum absolute atomic E-state index is 0.0854. The Morgan fingerprint density at radius 2 is 1.65 bits per heavy atom. The van der Waals surface area contributed by atoms with Gasteiger partial charge in [-0.2, -0.15) is 5.26 Å². The van der Waals surface area contributed by atoms with Crippen LogP contribution in [0.25, 0.3) is 22.3 Å². The van der Waals surface area contributed by atoms with E-state index in [1.165, 1.54) is 11.1 Å². The van der Waals surface area contributed by atoms with Gasteiger partial charge in [-0.05, 0) is 53.4 Å². The first-order valence-electron chi connectivity index (χ1n) is 8.47. The van der Waals surface area contributed by atoms with Crippen LogP contribution in [0.15, 0.2) is 77.2 Å². The Labute approximate surface area is 151 Å². The summed E-state index contributed by atoms with van der Waals surface area (Å²) in [6.07, 6.45) is 0.867. The van der Waals surface area contributed by atoms with E-state index in [-0.39, 0.29) is 6.61 Å². The van der Waals surface area contributed by atoms with Crippen LogP contribution in [0, 0.1) is 11.3 Å². The lowest BCUT2D eigenvalue weighted by Crippen LogP contribution is -1.88.